The first-order valence-electron chi connectivity index (χ1n) is 9.81. The van der Waals surface area contributed by atoms with E-state index in [1.807, 2.05) is 36.4 Å². The highest BCUT2D eigenvalue weighted by molar-refractivity contribution is 7.26. The molecular weight excluding hydrogens is 467 g/mol. The molecule has 5 nitrogen and oxygen atoms in total. The van der Waals surface area contributed by atoms with Crippen LogP contribution in [-0.2, 0) is 0 Å². The molecule has 0 aliphatic carbocycles. The lowest BCUT2D eigenvalue weighted by atomic mass is 10.3. The highest BCUT2D eigenvalue weighted by atomic mass is 32.1. The van der Waals surface area contributed by atoms with Crippen molar-refractivity contribution in [3.8, 4) is 32.5 Å². The second-order valence-corrected chi connectivity index (χ2v) is 10.6. The summed E-state index contributed by atoms with van der Waals surface area (Å²) in [7, 11) is 0. The summed E-state index contributed by atoms with van der Waals surface area (Å²) < 4.78 is 3.50. The van der Waals surface area contributed by atoms with Gasteiger partial charge in [-0.1, -0.05) is 0 Å². The number of aromatic nitrogens is 1. The quantitative estimate of drug-likeness (QED) is 0.212. The Morgan fingerprint density at radius 3 is 2.00 bits per heavy atom. The first-order chi connectivity index (χ1) is 16.0. The summed E-state index contributed by atoms with van der Waals surface area (Å²) in [6.45, 7) is 18.4. The molecule has 158 valence electrons. The molecule has 4 aromatic heterocycles. The molecule has 0 bridgehead atoms. The summed E-state index contributed by atoms with van der Waals surface area (Å²) in [5, 5.41) is 18.0. The standard InChI is InChI=1S/C25H15N5S3/c1-15(2)30-20(22-7-5-18(31-22)9-16(13-26)28-3)11-24-21(30)12-25(33-24)23-8-6-19(32-23)10-17(14-27)29-4/h5-12,15H,1-2H3/b16-9-,17-10+. The lowest BCUT2D eigenvalue weighted by Gasteiger charge is -2.13. The van der Waals surface area contributed by atoms with E-state index in [1.165, 1.54) is 4.70 Å². The van der Waals surface area contributed by atoms with E-state index in [4.69, 9.17) is 23.7 Å². The van der Waals surface area contributed by atoms with E-state index in [9.17, 15) is 0 Å². The predicted octanol–water partition coefficient (Wildman–Crippen LogP) is 8.31. The fourth-order valence-electron chi connectivity index (χ4n) is 3.46. The molecule has 33 heavy (non-hydrogen) atoms. The number of rotatable bonds is 5. The van der Waals surface area contributed by atoms with E-state index >= 15 is 0 Å². The molecule has 4 heterocycles. The average Bonchev–Trinajstić information content (AvgIpc) is 3.58. The Morgan fingerprint density at radius 2 is 1.45 bits per heavy atom. The molecule has 0 amide bonds. The van der Waals surface area contributed by atoms with Crippen LogP contribution in [0.25, 0.3) is 52.4 Å². The van der Waals surface area contributed by atoms with Crippen molar-refractivity contribution in [2.45, 2.75) is 19.9 Å². The molecule has 0 saturated carbocycles. The second kappa shape index (κ2) is 9.29. The van der Waals surface area contributed by atoms with Gasteiger partial charge in [-0.05, 0) is 62.4 Å². The van der Waals surface area contributed by atoms with E-state index in [2.05, 4.69) is 40.2 Å². The van der Waals surface area contributed by atoms with Crippen LogP contribution in [0.5, 0.6) is 0 Å². The predicted molar refractivity (Wildman–Crippen MR) is 137 cm³/mol. The molecule has 0 aliphatic heterocycles. The first-order valence-corrected chi connectivity index (χ1v) is 12.3. The number of nitrogens with zero attached hydrogens (tertiary/aromatic N) is 5. The van der Waals surface area contributed by atoms with Gasteiger partial charge in [0.05, 0.1) is 46.1 Å². The zero-order chi connectivity index (χ0) is 23.5. The van der Waals surface area contributed by atoms with Crippen LogP contribution in [0.2, 0.25) is 0 Å². The maximum Gasteiger partial charge on any atom is 0.263 e. The smallest absolute Gasteiger partial charge is 0.263 e. The summed E-state index contributed by atoms with van der Waals surface area (Å²) >= 11 is 4.85. The second-order valence-electron chi connectivity index (χ2n) is 7.26. The van der Waals surface area contributed by atoms with E-state index in [-0.39, 0.29) is 17.4 Å². The molecule has 0 radical (unpaired) electrons. The average molecular weight is 482 g/mol. The summed E-state index contributed by atoms with van der Waals surface area (Å²) in [6, 6.07) is 16.4. The minimum Gasteiger partial charge on any atom is -0.337 e. The Labute approximate surface area is 203 Å². The Kier molecular flexibility index (Phi) is 6.27. The van der Waals surface area contributed by atoms with Gasteiger partial charge in [0.15, 0.2) is 0 Å². The van der Waals surface area contributed by atoms with Gasteiger partial charge in [-0.2, -0.15) is 0 Å². The van der Waals surface area contributed by atoms with Crippen LogP contribution in [0.15, 0.2) is 47.8 Å². The fraction of sp³-hybridized carbons (Fsp3) is 0.120. The van der Waals surface area contributed by atoms with Crippen LogP contribution in [0.1, 0.15) is 29.6 Å². The van der Waals surface area contributed by atoms with Crippen molar-refractivity contribution in [3.05, 3.63) is 80.4 Å². The third-order valence-corrected chi connectivity index (χ3v) is 8.17. The van der Waals surface area contributed by atoms with Gasteiger partial charge in [-0.25, -0.2) is 20.2 Å². The van der Waals surface area contributed by atoms with Gasteiger partial charge in [-0.3, -0.25) is 0 Å². The Hall–Kier alpha value is -3.92. The molecule has 4 aromatic rings. The van der Waals surface area contributed by atoms with Crippen molar-refractivity contribution in [3.63, 3.8) is 0 Å². The molecule has 0 saturated heterocycles. The molecule has 0 unspecified atom stereocenters. The van der Waals surface area contributed by atoms with Gasteiger partial charge < -0.3 is 4.57 Å². The number of nitriles is 2. The Morgan fingerprint density at radius 1 is 0.879 bits per heavy atom. The molecule has 8 heteroatoms. The third-order valence-electron chi connectivity index (χ3n) is 4.82. The van der Waals surface area contributed by atoms with E-state index in [0.29, 0.717) is 0 Å². The molecule has 0 atom stereocenters. The Balaban J connectivity index is 1.74. The maximum absolute atomic E-state index is 9.03. The summed E-state index contributed by atoms with van der Waals surface area (Å²) in [5.41, 5.74) is 2.44. The number of hydrogen-bond donors (Lipinski definition) is 0. The van der Waals surface area contributed by atoms with Crippen molar-refractivity contribution in [2.24, 2.45) is 0 Å². The highest BCUT2D eigenvalue weighted by Gasteiger charge is 2.18. The number of fused-ring (bicyclic) bond motifs is 1. The number of hydrogen-bond acceptors (Lipinski definition) is 5. The van der Waals surface area contributed by atoms with Gasteiger partial charge in [0.1, 0.15) is 0 Å². The highest BCUT2D eigenvalue weighted by Crippen LogP contribution is 2.43. The van der Waals surface area contributed by atoms with Crippen molar-refractivity contribution >= 4 is 56.4 Å². The van der Waals surface area contributed by atoms with Crippen molar-refractivity contribution in [2.75, 3.05) is 0 Å². The van der Waals surface area contributed by atoms with Crippen molar-refractivity contribution < 1.29 is 0 Å². The van der Waals surface area contributed by atoms with E-state index in [0.717, 1.165) is 35.6 Å². The summed E-state index contributed by atoms with van der Waals surface area (Å²) in [6.07, 6.45) is 3.24. The fourth-order valence-corrected chi connectivity index (χ4v) is 6.53. The topological polar surface area (TPSA) is 61.2 Å². The van der Waals surface area contributed by atoms with Gasteiger partial charge >= 0.3 is 0 Å². The summed E-state index contributed by atoms with van der Waals surface area (Å²) in [5.74, 6) is 0. The monoisotopic (exact) mass is 481 g/mol. The van der Waals surface area contributed by atoms with Crippen molar-refractivity contribution in [1.29, 1.82) is 10.5 Å². The maximum atomic E-state index is 9.03. The largest absolute Gasteiger partial charge is 0.337 e. The van der Waals surface area contributed by atoms with E-state index in [1.54, 1.807) is 46.2 Å². The van der Waals surface area contributed by atoms with Gasteiger partial charge in [0, 0.05) is 25.6 Å². The van der Waals surface area contributed by atoms with Crippen LogP contribution in [0.4, 0.5) is 0 Å². The van der Waals surface area contributed by atoms with Gasteiger partial charge in [-0.15, -0.1) is 34.0 Å². The SMILES string of the molecule is [C-]#[N+]/C(C#N)=C\c1ccc(-c2cc3sc(-c4ccc(/C=C(\C#N)[N+]#[C-])s4)cc3n2C(C)C)s1. The molecule has 0 fully saturated rings. The number of thiophene rings is 3. The van der Waals surface area contributed by atoms with Gasteiger partial charge in [0.2, 0.25) is 0 Å². The van der Waals surface area contributed by atoms with E-state index < -0.39 is 0 Å². The third kappa shape index (κ3) is 4.37. The molecular formula is C25H15N5S3. The van der Waals surface area contributed by atoms with Crippen LogP contribution in [0.3, 0.4) is 0 Å². The molecule has 4 rings (SSSR count). The minimum atomic E-state index is 0.0803. The minimum absolute atomic E-state index is 0.0803. The molecule has 0 aliphatic rings. The lowest BCUT2D eigenvalue weighted by Crippen LogP contribution is -2.01. The zero-order valence-corrected chi connectivity index (χ0v) is 20.1. The lowest BCUT2D eigenvalue weighted by molar-refractivity contribution is 0.630. The molecule has 0 spiro atoms. The Bertz CT molecular complexity index is 1560. The summed E-state index contributed by atoms with van der Waals surface area (Å²) in [4.78, 5) is 11.6. The molecule has 0 N–H and O–H groups in total. The van der Waals surface area contributed by atoms with Crippen LogP contribution in [-0.4, -0.2) is 4.57 Å². The first kappa shape index (κ1) is 22.3. The van der Waals surface area contributed by atoms with Crippen LogP contribution in [0, 0.1) is 35.8 Å². The van der Waals surface area contributed by atoms with Crippen LogP contribution >= 0.6 is 34.0 Å². The van der Waals surface area contributed by atoms with Crippen LogP contribution < -0.4 is 0 Å². The van der Waals surface area contributed by atoms with Gasteiger partial charge in [0.25, 0.3) is 11.4 Å². The molecule has 0 aromatic carbocycles. The number of allylic oxidation sites excluding steroid dienone is 2. The zero-order valence-electron chi connectivity index (χ0n) is 17.7. The van der Waals surface area contributed by atoms with Crippen molar-refractivity contribution in [1.82, 2.24) is 4.57 Å². The normalized spacial score (nSPS) is 11.8.